The molecule has 2 N–H and O–H groups in total. The van der Waals surface area contributed by atoms with Crippen LogP contribution in [0.3, 0.4) is 0 Å². The second-order valence-electron chi connectivity index (χ2n) is 2.69. The van der Waals surface area contributed by atoms with Gasteiger partial charge in [-0.3, -0.25) is 0 Å². The van der Waals surface area contributed by atoms with E-state index in [4.69, 9.17) is 5.73 Å². The molecule has 0 aliphatic carbocycles. The van der Waals surface area contributed by atoms with Crippen LogP contribution in [-0.4, -0.2) is 8.41 Å². The third-order valence-electron chi connectivity index (χ3n) is 2.04. The third kappa shape index (κ3) is 2.03. The van der Waals surface area contributed by atoms with Crippen LogP contribution in [0.5, 0.6) is 0 Å². The van der Waals surface area contributed by atoms with Crippen molar-refractivity contribution in [3.63, 3.8) is 0 Å². The molecule has 1 nitrogen and oxygen atoms in total. The van der Waals surface area contributed by atoms with Crippen LogP contribution < -0.4 is 5.73 Å². The summed E-state index contributed by atoms with van der Waals surface area (Å²) in [4.78, 5) is 0. The largest absolute Gasteiger partial charge is 0.398 e. The monoisotopic (exact) mass is 163 g/mol. The Hall–Kier alpha value is -0.915. The minimum absolute atomic E-state index is 0. The van der Waals surface area contributed by atoms with Crippen molar-refractivity contribution in [3.8, 4) is 0 Å². The van der Waals surface area contributed by atoms with Crippen LogP contribution >= 0.6 is 0 Å². The maximum absolute atomic E-state index is 5.81. The zero-order valence-electron chi connectivity index (χ0n) is 7.22. The molecule has 0 heterocycles. The molecule has 0 unspecified atom stereocenters. The molecule has 0 spiro atoms. The molecule has 0 fully saturated rings. The number of aryl methyl sites for hydroxylation is 1. The number of anilines is 1. The summed E-state index contributed by atoms with van der Waals surface area (Å²) in [5.41, 5.74) is 9.44. The Morgan fingerprint density at radius 1 is 1.17 bits per heavy atom. The number of hydrogen-bond acceptors (Lipinski definition) is 1. The fraction of sp³-hybridized carbons (Fsp3) is 0.400. The van der Waals surface area contributed by atoms with E-state index in [0.29, 0.717) is 0 Å². The van der Waals surface area contributed by atoms with Crippen molar-refractivity contribution in [2.45, 2.75) is 26.7 Å². The van der Waals surface area contributed by atoms with Crippen molar-refractivity contribution in [1.82, 2.24) is 0 Å². The minimum atomic E-state index is 0. The van der Waals surface area contributed by atoms with E-state index in [2.05, 4.69) is 19.9 Å². The van der Waals surface area contributed by atoms with Crippen LogP contribution in [0, 0.1) is 0 Å². The lowest BCUT2D eigenvalue weighted by Gasteiger charge is -2.07. The molecule has 0 amide bonds. The molecule has 1 aromatic rings. The zero-order valence-corrected chi connectivity index (χ0v) is 7.22. The highest BCUT2D eigenvalue weighted by molar-refractivity contribution is 5.75. The van der Waals surface area contributed by atoms with Gasteiger partial charge in [0.1, 0.15) is 0 Å². The Morgan fingerprint density at radius 3 is 2.25 bits per heavy atom. The van der Waals surface area contributed by atoms with E-state index < -0.39 is 0 Å². The van der Waals surface area contributed by atoms with E-state index in [0.717, 1.165) is 18.5 Å². The first kappa shape index (κ1) is 11.1. The topological polar surface area (TPSA) is 26.0 Å². The Labute approximate surface area is 76.6 Å². The molecule has 0 aliphatic rings. The number of hydrogen-bond donors (Lipinski definition) is 1. The SMILES string of the molecule is B.CCc1cccc(N)c1CC. The lowest BCUT2D eigenvalue weighted by Crippen LogP contribution is -1.97. The standard InChI is InChI=1S/C10H15N.BH3/c1-3-8-6-5-7-10(11)9(8)4-2;/h5-7H,3-4,11H2,1-2H3;1H3. The van der Waals surface area contributed by atoms with Gasteiger partial charge in [0, 0.05) is 5.69 Å². The quantitative estimate of drug-likeness (QED) is 0.514. The van der Waals surface area contributed by atoms with E-state index in [1.165, 1.54) is 11.1 Å². The lowest BCUT2D eigenvalue weighted by molar-refractivity contribution is 1.04. The highest BCUT2D eigenvalue weighted by Crippen LogP contribution is 2.17. The Balaban J connectivity index is 0.00000121. The fourth-order valence-corrected chi connectivity index (χ4v) is 1.42. The molecule has 0 atom stereocenters. The third-order valence-corrected chi connectivity index (χ3v) is 2.04. The lowest BCUT2D eigenvalue weighted by atomic mass is 10.0. The summed E-state index contributed by atoms with van der Waals surface area (Å²) >= 11 is 0. The number of nitrogens with two attached hydrogens (primary N) is 1. The summed E-state index contributed by atoms with van der Waals surface area (Å²) in [6, 6.07) is 6.14. The van der Waals surface area contributed by atoms with Crippen molar-refractivity contribution >= 4 is 14.1 Å². The highest BCUT2D eigenvalue weighted by Gasteiger charge is 2.00. The van der Waals surface area contributed by atoms with E-state index in [1.807, 2.05) is 12.1 Å². The highest BCUT2D eigenvalue weighted by atomic mass is 14.6. The Bertz CT molecular complexity index is 246. The molecule has 0 radical (unpaired) electrons. The first-order valence-corrected chi connectivity index (χ1v) is 4.15. The van der Waals surface area contributed by atoms with E-state index in [-0.39, 0.29) is 8.41 Å². The van der Waals surface area contributed by atoms with Crippen molar-refractivity contribution < 1.29 is 0 Å². The Morgan fingerprint density at radius 2 is 1.83 bits per heavy atom. The van der Waals surface area contributed by atoms with Gasteiger partial charge < -0.3 is 5.73 Å². The van der Waals surface area contributed by atoms with Crippen LogP contribution in [0.15, 0.2) is 18.2 Å². The van der Waals surface area contributed by atoms with Crippen LogP contribution in [0.2, 0.25) is 0 Å². The van der Waals surface area contributed by atoms with Gasteiger partial charge in [0.2, 0.25) is 0 Å². The smallest absolute Gasteiger partial charge is 0.0814 e. The molecule has 2 heteroatoms. The van der Waals surface area contributed by atoms with Crippen molar-refractivity contribution in [3.05, 3.63) is 29.3 Å². The molecule has 0 aromatic heterocycles. The predicted octanol–water partition coefficient (Wildman–Crippen LogP) is 1.21. The van der Waals surface area contributed by atoms with Gasteiger partial charge in [-0.2, -0.15) is 0 Å². The maximum atomic E-state index is 5.81. The van der Waals surface area contributed by atoms with Gasteiger partial charge >= 0.3 is 0 Å². The molecular weight excluding hydrogens is 145 g/mol. The average molecular weight is 163 g/mol. The van der Waals surface area contributed by atoms with E-state index in [1.54, 1.807) is 0 Å². The van der Waals surface area contributed by atoms with Gasteiger partial charge in [-0.25, -0.2) is 0 Å². The van der Waals surface area contributed by atoms with Gasteiger partial charge in [-0.05, 0) is 30.0 Å². The molecule has 66 valence electrons. The fourth-order valence-electron chi connectivity index (χ4n) is 1.42. The summed E-state index contributed by atoms with van der Waals surface area (Å²) in [5.74, 6) is 0. The first-order chi connectivity index (χ1) is 5.29. The Kier molecular flexibility index (Phi) is 4.49. The molecule has 12 heavy (non-hydrogen) atoms. The van der Waals surface area contributed by atoms with Crippen LogP contribution in [0.25, 0.3) is 0 Å². The summed E-state index contributed by atoms with van der Waals surface area (Å²) in [7, 11) is 0. The van der Waals surface area contributed by atoms with E-state index in [9.17, 15) is 0 Å². The summed E-state index contributed by atoms with van der Waals surface area (Å²) < 4.78 is 0. The van der Waals surface area contributed by atoms with Gasteiger partial charge in [0.25, 0.3) is 0 Å². The molecule has 1 rings (SSSR count). The molecule has 0 bridgehead atoms. The molecule has 1 aromatic carbocycles. The molecule has 0 saturated carbocycles. The van der Waals surface area contributed by atoms with Gasteiger partial charge in [0.05, 0.1) is 8.41 Å². The van der Waals surface area contributed by atoms with Crippen molar-refractivity contribution in [2.75, 3.05) is 5.73 Å². The first-order valence-electron chi connectivity index (χ1n) is 4.15. The number of rotatable bonds is 2. The van der Waals surface area contributed by atoms with Crippen molar-refractivity contribution in [2.24, 2.45) is 0 Å². The predicted molar refractivity (Wildman–Crippen MR) is 59.5 cm³/mol. The number of benzene rings is 1. The average Bonchev–Trinajstić information content (AvgIpc) is 2.04. The normalized spacial score (nSPS) is 9.17. The number of nitrogen functional groups attached to an aromatic ring is 1. The molecule has 0 aliphatic heterocycles. The van der Waals surface area contributed by atoms with Crippen LogP contribution in [0.1, 0.15) is 25.0 Å². The van der Waals surface area contributed by atoms with Crippen LogP contribution in [-0.2, 0) is 12.8 Å². The van der Waals surface area contributed by atoms with Gasteiger partial charge in [0.15, 0.2) is 0 Å². The summed E-state index contributed by atoms with van der Waals surface area (Å²) in [6.07, 6.45) is 2.12. The van der Waals surface area contributed by atoms with Crippen molar-refractivity contribution in [1.29, 1.82) is 0 Å². The van der Waals surface area contributed by atoms with Crippen LogP contribution in [0.4, 0.5) is 5.69 Å². The second-order valence-corrected chi connectivity index (χ2v) is 2.69. The maximum Gasteiger partial charge on any atom is 0.0814 e. The summed E-state index contributed by atoms with van der Waals surface area (Å²) in [6.45, 7) is 4.30. The minimum Gasteiger partial charge on any atom is -0.398 e. The van der Waals surface area contributed by atoms with Gasteiger partial charge in [-0.1, -0.05) is 26.0 Å². The second kappa shape index (κ2) is 4.86. The zero-order chi connectivity index (χ0) is 8.27. The van der Waals surface area contributed by atoms with Gasteiger partial charge in [-0.15, -0.1) is 0 Å². The molecular formula is C10H18BN. The van der Waals surface area contributed by atoms with E-state index >= 15 is 0 Å². The molecule has 0 saturated heterocycles. The summed E-state index contributed by atoms with van der Waals surface area (Å²) in [5, 5.41) is 0.